The van der Waals surface area contributed by atoms with Crippen molar-refractivity contribution in [2.45, 2.75) is 25.0 Å². The molecule has 1 unspecified atom stereocenters. The highest BCUT2D eigenvalue weighted by Gasteiger charge is 2.25. The number of ether oxygens (including phenoxy) is 2. The van der Waals surface area contributed by atoms with Crippen LogP contribution in [-0.2, 0) is 14.3 Å². The Morgan fingerprint density at radius 2 is 1.84 bits per heavy atom. The molecule has 31 heavy (non-hydrogen) atoms. The molecule has 0 saturated carbocycles. The van der Waals surface area contributed by atoms with E-state index in [0.29, 0.717) is 55.5 Å². The van der Waals surface area contributed by atoms with Crippen molar-refractivity contribution in [3.8, 4) is 0 Å². The number of carbonyl (C=O) groups is 2. The fraction of sp³-hybridized carbons (Fsp3) is 0.524. The number of carbonyl (C=O) groups excluding carboxylic acids is 2. The molecular weight excluding hydrogens is 420 g/mol. The quantitative estimate of drug-likeness (QED) is 0.472. The number of methoxy groups -OCH3 is 1. The maximum atomic E-state index is 13.1. The van der Waals surface area contributed by atoms with E-state index in [2.05, 4.69) is 4.98 Å². The molecule has 1 saturated heterocycles. The number of benzene rings is 1. The summed E-state index contributed by atoms with van der Waals surface area (Å²) in [6.45, 7) is 6.14. The van der Waals surface area contributed by atoms with Gasteiger partial charge in [-0.05, 0) is 26.0 Å². The van der Waals surface area contributed by atoms with Crippen molar-refractivity contribution in [1.82, 2.24) is 19.4 Å². The van der Waals surface area contributed by atoms with Gasteiger partial charge in [0.1, 0.15) is 0 Å². The summed E-state index contributed by atoms with van der Waals surface area (Å²) in [4.78, 5) is 45.6. The molecule has 1 aromatic heterocycles. The molecule has 2 amide bonds. The second kappa shape index (κ2) is 10.6. The van der Waals surface area contributed by atoms with Crippen LogP contribution in [0.25, 0.3) is 10.9 Å². The average Bonchev–Trinajstić information content (AvgIpc) is 2.78. The first-order chi connectivity index (χ1) is 15.0. The van der Waals surface area contributed by atoms with Crippen LogP contribution in [0.2, 0.25) is 0 Å². The molecule has 1 aliphatic heterocycles. The lowest BCUT2D eigenvalue weighted by Crippen LogP contribution is -2.51. The zero-order valence-corrected chi connectivity index (χ0v) is 18.9. The second-order valence-electron chi connectivity index (χ2n) is 7.25. The number of rotatable bonds is 7. The molecule has 168 valence electrons. The number of thioether (sulfide) groups is 1. The van der Waals surface area contributed by atoms with E-state index < -0.39 is 0 Å². The highest BCUT2D eigenvalue weighted by Crippen LogP contribution is 2.22. The van der Waals surface area contributed by atoms with Crippen molar-refractivity contribution < 1.29 is 19.1 Å². The van der Waals surface area contributed by atoms with Crippen LogP contribution < -0.4 is 5.56 Å². The Bertz CT molecular complexity index is 987. The normalized spacial score (nSPS) is 15.2. The topological polar surface area (TPSA) is 94.0 Å². The third-order valence-corrected chi connectivity index (χ3v) is 6.04. The Labute approximate surface area is 185 Å². The standard InChI is InChI=1S/C21H28N4O5S/c1-4-30-21(28)24-11-9-23(10-12-24)18(26)14-31-20-22-17-8-6-5-7-16(17)19(27)25(20)15(2)13-29-3/h5-8,15H,4,9-14H2,1-3H3. The van der Waals surface area contributed by atoms with Crippen molar-refractivity contribution >= 4 is 34.7 Å². The first kappa shape index (κ1) is 23.1. The van der Waals surface area contributed by atoms with E-state index in [1.165, 1.54) is 11.8 Å². The minimum atomic E-state index is -0.347. The number of aromatic nitrogens is 2. The Morgan fingerprint density at radius 1 is 1.16 bits per heavy atom. The number of amides is 2. The molecule has 1 aliphatic rings. The van der Waals surface area contributed by atoms with Crippen LogP contribution >= 0.6 is 11.8 Å². The molecule has 0 radical (unpaired) electrons. The maximum absolute atomic E-state index is 13.1. The van der Waals surface area contributed by atoms with E-state index in [9.17, 15) is 14.4 Å². The lowest BCUT2D eigenvalue weighted by molar-refractivity contribution is -0.129. The smallest absolute Gasteiger partial charge is 0.409 e. The summed E-state index contributed by atoms with van der Waals surface area (Å²) in [5, 5.41) is 1.03. The molecule has 0 spiro atoms. The summed E-state index contributed by atoms with van der Waals surface area (Å²) in [7, 11) is 1.59. The minimum Gasteiger partial charge on any atom is -0.450 e. The van der Waals surface area contributed by atoms with Gasteiger partial charge in [0.05, 0.1) is 35.9 Å². The van der Waals surface area contributed by atoms with Gasteiger partial charge >= 0.3 is 6.09 Å². The summed E-state index contributed by atoms with van der Waals surface area (Å²) in [6.07, 6.45) is -0.347. The van der Waals surface area contributed by atoms with E-state index in [1.54, 1.807) is 40.5 Å². The van der Waals surface area contributed by atoms with Crippen molar-refractivity contribution in [2.24, 2.45) is 0 Å². The highest BCUT2D eigenvalue weighted by atomic mass is 32.2. The first-order valence-electron chi connectivity index (χ1n) is 10.3. The van der Waals surface area contributed by atoms with Crippen LogP contribution in [0.4, 0.5) is 4.79 Å². The summed E-state index contributed by atoms with van der Waals surface area (Å²) in [5.41, 5.74) is 0.458. The number of nitrogens with zero attached hydrogens (tertiary/aromatic N) is 4. The van der Waals surface area contributed by atoms with Gasteiger partial charge in [0.2, 0.25) is 5.91 Å². The lowest BCUT2D eigenvalue weighted by Gasteiger charge is -2.34. The van der Waals surface area contributed by atoms with Gasteiger partial charge in [-0.1, -0.05) is 23.9 Å². The van der Waals surface area contributed by atoms with Gasteiger partial charge in [-0.25, -0.2) is 9.78 Å². The number of piperazine rings is 1. The van der Waals surface area contributed by atoms with E-state index in [1.807, 2.05) is 19.1 Å². The monoisotopic (exact) mass is 448 g/mol. The van der Waals surface area contributed by atoms with Crippen molar-refractivity contribution in [1.29, 1.82) is 0 Å². The summed E-state index contributed by atoms with van der Waals surface area (Å²) in [6, 6.07) is 6.97. The Balaban J connectivity index is 1.72. The van der Waals surface area contributed by atoms with E-state index >= 15 is 0 Å². The van der Waals surface area contributed by atoms with Crippen LogP contribution in [0, 0.1) is 0 Å². The molecule has 1 aromatic carbocycles. The largest absolute Gasteiger partial charge is 0.450 e. The van der Waals surface area contributed by atoms with Crippen molar-refractivity contribution in [3.63, 3.8) is 0 Å². The van der Waals surface area contributed by atoms with Crippen LogP contribution in [0.1, 0.15) is 19.9 Å². The number of hydrogen-bond donors (Lipinski definition) is 0. The average molecular weight is 449 g/mol. The van der Waals surface area contributed by atoms with Gasteiger partial charge in [0.15, 0.2) is 5.16 Å². The molecular formula is C21H28N4O5S. The van der Waals surface area contributed by atoms with Gasteiger partial charge < -0.3 is 19.3 Å². The van der Waals surface area contributed by atoms with Gasteiger partial charge in [-0.2, -0.15) is 0 Å². The molecule has 0 bridgehead atoms. The lowest BCUT2D eigenvalue weighted by atomic mass is 10.2. The van der Waals surface area contributed by atoms with E-state index in [0.717, 1.165) is 0 Å². The number of para-hydroxylation sites is 1. The Morgan fingerprint density at radius 3 is 2.52 bits per heavy atom. The highest BCUT2D eigenvalue weighted by molar-refractivity contribution is 7.99. The SMILES string of the molecule is CCOC(=O)N1CCN(C(=O)CSc2nc3ccccc3c(=O)n2C(C)COC)CC1. The summed E-state index contributed by atoms with van der Waals surface area (Å²) >= 11 is 1.25. The zero-order valence-electron chi connectivity index (χ0n) is 18.1. The third kappa shape index (κ3) is 5.37. The minimum absolute atomic E-state index is 0.0538. The molecule has 1 atom stereocenters. The summed E-state index contributed by atoms with van der Waals surface area (Å²) < 4.78 is 11.8. The van der Waals surface area contributed by atoms with Crippen molar-refractivity contribution in [2.75, 3.05) is 52.3 Å². The molecule has 0 aliphatic carbocycles. The molecule has 10 heteroatoms. The maximum Gasteiger partial charge on any atom is 0.409 e. The molecule has 2 aromatic rings. The first-order valence-corrected chi connectivity index (χ1v) is 11.3. The predicted octanol–water partition coefficient (Wildman–Crippen LogP) is 2.00. The van der Waals surface area contributed by atoms with Gasteiger partial charge in [0, 0.05) is 33.3 Å². The Hall–Kier alpha value is -2.59. The van der Waals surface area contributed by atoms with Crippen LogP contribution in [0.15, 0.2) is 34.2 Å². The predicted molar refractivity (Wildman–Crippen MR) is 118 cm³/mol. The fourth-order valence-electron chi connectivity index (χ4n) is 3.50. The van der Waals surface area contributed by atoms with E-state index in [4.69, 9.17) is 9.47 Å². The molecule has 1 fully saturated rings. The molecule has 0 N–H and O–H groups in total. The zero-order chi connectivity index (χ0) is 22.4. The van der Waals surface area contributed by atoms with Gasteiger partial charge in [-0.15, -0.1) is 0 Å². The Kier molecular flexibility index (Phi) is 7.91. The number of fused-ring (bicyclic) bond motifs is 1. The molecule has 3 rings (SSSR count). The third-order valence-electron chi connectivity index (χ3n) is 5.11. The summed E-state index contributed by atoms with van der Waals surface area (Å²) in [5.74, 6) is 0.103. The number of hydrogen-bond acceptors (Lipinski definition) is 7. The fourth-order valence-corrected chi connectivity index (χ4v) is 4.50. The second-order valence-corrected chi connectivity index (χ2v) is 8.19. The molecule has 2 heterocycles. The van der Waals surface area contributed by atoms with Crippen LogP contribution in [0.5, 0.6) is 0 Å². The van der Waals surface area contributed by atoms with E-state index in [-0.39, 0.29) is 29.4 Å². The van der Waals surface area contributed by atoms with Crippen LogP contribution in [-0.4, -0.2) is 83.6 Å². The van der Waals surface area contributed by atoms with Crippen LogP contribution in [0.3, 0.4) is 0 Å². The van der Waals surface area contributed by atoms with Gasteiger partial charge in [-0.3, -0.25) is 14.2 Å². The van der Waals surface area contributed by atoms with Crippen molar-refractivity contribution in [3.05, 3.63) is 34.6 Å². The molecule has 9 nitrogen and oxygen atoms in total. The van der Waals surface area contributed by atoms with Gasteiger partial charge in [0.25, 0.3) is 5.56 Å².